The van der Waals surface area contributed by atoms with Crippen LogP contribution in [-0.4, -0.2) is 5.71 Å². The van der Waals surface area contributed by atoms with Crippen LogP contribution in [0, 0.1) is 11.3 Å². The molecular formula is C22H30N2. The van der Waals surface area contributed by atoms with Gasteiger partial charge in [-0.05, 0) is 59.4 Å². The van der Waals surface area contributed by atoms with Crippen LogP contribution in [0.5, 0.6) is 0 Å². The summed E-state index contributed by atoms with van der Waals surface area (Å²) in [6.45, 7) is 18.9. The van der Waals surface area contributed by atoms with Crippen molar-refractivity contribution in [2.45, 2.75) is 47.0 Å². The summed E-state index contributed by atoms with van der Waals surface area (Å²) in [5, 5.41) is 4.36. The molecule has 1 aliphatic rings. The molecule has 1 aromatic carbocycles. The standard InChI is InChI=1S/C22H30N2/c1-8-18(6)23-24-21-13-19(9-10-20(21)15(2)3)16(4)11-12-22(7)14-17(22)5/h8-13,15,17,24H,1,4,14H2,2-3,5-7H3/b12-11-,23-18-. The Morgan fingerprint density at radius 2 is 2.08 bits per heavy atom. The number of hydrogen-bond donors (Lipinski definition) is 1. The molecule has 1 fully saturated rings. The van der Waals surface area contributed by atoms with Crippen molar-refractivity contribution < 1.29 is 0 Å². The van der Waals surface area contributed by atoms with Gasteiger partial charge in [0.1, 0.15) is 0 Å². The van der Waals surface area contributed by atoms with Crippen LogP contribution in [0.15, 0.2) is 54.7 Å². The SMILES string of the molecule is C=C/C(C)=N\Nc1cc(C(=C)/C=C\C2(C)CC2C)ccc1C(C)C. The van der Waals surface area contributed by atoms with Crippen LogP contribution in [0.2, 0.25) is 0 Å². The lowest BCUT2D eigenvalue weighted by atomic mass is 9.96. The zero-order chi connectivity index (χ0) is 17.9. The monoisotopic (exact) mass is 322 g/mol. The number of hydrogen-bond acceptors (Lipinski definition) is 2. The molecule has 0 bridgehead atoms. The lowest BCUT2D eigenvalue weighted by molar-refractivity contribution is 0.664. The molecule has 1 saturated carbocycles. The van der Waals surface area contributed by atoms with Crippen molar-refractivity contribution in [3.8, 4) is 0 Å². The van der Waals surface area contributed by atoms with Gasteiger partial charge >= 0.3 is 0 Å². The molecule has 128 valence electrons. The Balaban J connectivity index is 2.24. The first kappa shape index (κ1) is 18.3. The highest BCUT2D eigenvalue weighted by Gasteiger charge is 2.43. The van der Waals surface area contributed by atoms with Crippen LogP contribution in [0.25, 0.3) is 5.57 Å². The summed E-state index contributed by atoms with van der Waals surface area (Å²) in [6, 6.07) is 6.46. The van der Waals surface area contributed by atoms with Crippen molar-refractivity contribution in [3.05, 3.63) is 60.7 Å². The summed E-state index contributed by atoms with van der Waals surface area (Å²) in [6.07, 6.45) is 7.48. The summed E-state index contributed by atoms with van der Waals surface area (Å²) in [4.78, 5) is 0. The Bertz CT molecular complexity index is 694. The first-order valence-corrected chi connectivity index (χ1v) is 8.72. The third kappa shape index (κ3) is 4.25. The van der Waals surface area contributed by atoms with E-state index >= 15 is 0 Å². The van der Waals surface area contributed by atoms with Gasteiger partial charge in [-0.2, -0.15) is 5.10 Å². The molecule has 0 aliphatic heterocycles. The maximum atomic E-state index is 4.36. The fourth-order valence-corrected chi connectivity index (χ4v) is 2.77. The van der Waals surface area contributed by atoms with Gasteiger partial charge in [0.05, 0.1) is 11.4 Å². The number of allylic oxidation sites excluding steroid dienone is 4. The van der Waals surface area contributed by atoms with Crippen LogP contribution < -0.4 is 5.43 Å². The average molecular weight is 322 g/mol. The summed E-state index contributed by atoms with van der Waals surface area (Å²) in [5.74, 6) is 1.20. The Morgan fingerprint density at radius 1 is 1.42 bits per heavy atom. The Hall–Kier alpha value is -2.09. The first-order chi connectivity index (χ1) is 11.3. The molecule has 0 radical (unpaired) electrons. The second-order valence-corrected chi connectivity index (χ2v) is 7.50. The molecule has 2 unspecified atom stereocenters. The van der Waals surface area contributed by atoms with E-state index in [1.165, 1.54) is 12.0 Å². The largest absolute Gasteiger partial charge is 0.278 e. The minimum atomic E-state index is 0.354. The Morgan fingerprint density at radius 3 is 2.62 bits per heavy atom. The van der Waals surface area contributed by atoms with Crippen molar-refractivity contribution >= 4 is 17.0 Å². The lowest BCUT2D eigenvalue weighted by Crippen LogP contribution is -2.00. The van der Waals surface area contributed by atoms with Crippen LogP contribution in [0.3, 0.4) is 0 Å². The zero-order valence-electron chi connectivity index (χ0n) is 15.7. The highest BCUT2D eigenvalue weighted by atomic mass is 15.3. The molecule has 0 saturated heterocycles. The Labute approximate surface area is 147 Å². The van der Waals surface area contributed by atoms with Gasteiger partial charge in [0.2, 0.25) is 0 Å². The van der Waals surface area contributed by atoms with Gasteiger partial charge in [-0.15, -0.1) is 0 Å². The molecule has 0 amide bonds. The van der Waals surface area contributed by atoms with Crippen LogP contribution in [0.1, 0.15) is 58.1 Å². The van der Waals surface area contributed by atoms with Crippen molar-refractivity contribution in [2.75, 3.05) is 5.43 Å². The van der Waals surface area contributed by atoms with Crippen LogP contribution >= 0.6 is 0 Å². The van der Waals surface area contributed by atoms with Gasteiger partial charge in [-0.1, -0.05) is 65.1 Å². The zero-order valence-corrected chi connectivity index (χ0v) is 15.7. The van der Waals surface area contributed by atoms with E-state index in [4.69, 9.17) is 0 Å². The van der Waals surface area contributed by atoms with Gasteiger partial charge in [-0.25, -0.2) is 0 Å². The van der Waals surface area contributed by atoms with E-state index < -0.39 is 0 Å². The molecule has 0 aromatic heterocycles. The number of anilines is 1. The summed E-state index contributed by atoms with van der Waals surface area (Å²) in [7, 11) is 0. The predicted molar refractivity (Wildman–Crippen MR) is 108 cm³/mol. The quantitative estimate of drug-likeness (QED) is 0.350. The summed E-state index contributed by atoms with van der Waals surface area (Å²) >= 11 is 0. The fraction of sp³-hybridized carbons (Fsp3) is 0.409. The third-order valence-electron chi connectivity index (χ3n) is 5.07. The van der Waals surface area contributed by atoms with Crippen LogP contribution in [0.4, 0.5) is 5.69 Å². The van der Waals surface area contributed by atoms with E-state index in [1.54, 1.807) is 6.08 Å². The van der Waals surface area contributed by atoms with Gasteiger partial charge in [0.15, 0.2) is 0 Å². The number of nitrogens with one attached hydrogen (secondary N) is 1. The van der Waals surface area contributed by atoms with Gasteiger partial charge in [0.25, 0.3) is 0 Å². The second kappa shape index (κ2) is 7.21. The minimum Gasteiger partial charge on any atom is -0.278 e. The molecule has 1 aliphatic carbocycles. The first-order valence-electron chi connectivity index (χ1n) is 8.72. The molecule has 0 spiro atoms. The highest BCUT2D eigenvalue weighted by molar-refractivity contribution is 5.92. The van der Waals surface area contributed by atoms with Gasteiger partial charge in [0, 0.05) is 0 Å². The lowest BCUT2D eigenvalue weighted by Gasteiger charge is -2.15. The van der Waals surface area contributed by atoms with Crippen molar-refractivity contribution in [1.29, 1.82) is 0 Å². The Kier molecular flexibility index (Phi) is 5.48. The number of hydrazone groups is 1. The molecule has 2 heteroatoms. The molecular weight excluding hydrogens is 292 g/mol. The molecule has 0 heterocycles. The van der Waals surface area contributed by atoms with E-state index in [-0.39, 0.29) is 0 Å². The van der Waals surface area contributed by atoms with Crippen molar-refractivity contribution in [2.24, 2.45) is 16.4 Å². The maximum Gasteiger partial charge on any atom is 0.0602 e. The molecule has 2 rings (SSSR count). The van der Waals surface area contributed by atoms with Crippen molar-refractivity contribution in [1.82, 2.24) is 0 Å². The van der Waals surface area contributed by atoms with E-state index in [0.29, 0.717) is 11.3 Å². The van der Waals surface area contributed by atoms with E-state index in [1.807, 2.05) is 6.92 Å². The third-order valence-corrected chi connectivity index (χ3v) is 5.07. The topological polar surface area (TPSA) is 24.4 Å². The average Bonchev–Trinajstić information content (AvgIpc) is 3.16. The molecule has 1 aromatic rings. The molecule has 2 nitrogen and oxygen atoms in total. The molecule has 24 heavy (non-hydrogen) atoms. The second-order valence-electron chi connectivity index (χ2n) is 7.50. The van der Waals surface area contributed by atoms with E-state index in [0.717, 1.165) is 28.5 Å². The molecule has 2 atom stereocenters. The number of nitrogens with zero attached hydrogens (tertiary/aromatic N) is 1. The fourth-order valence-electron chi connectivity index (χ4n) is 2.77. The van der Waals surface area contributed by atoms with Crippen LogP contribution in [-0.2, 0) is 0 Å². The maximum absolute atomic E-state index is 4.36. The summed E-state index contributed by atoms with van der Waals surface area (Å²) < 4.78 is 0. The van der Waals surface area contributed by atoms with E-state index in [2.05, 4.69) is 81.7 Å². The van der Waals surface area contributed by atoms with Gasteiger partial charge < -0.3 is 0 Å². The molecule has 1 N–H and O–H groups in total. The smallest absolute Gasteiger partial charge is 0.0602 e. The number of rotatable bonds is 7. The summed E-state index contributed by atoms with van der Waals surface area (Å²) in [5.41, 5.74) is 8.85. The van der Waals surface area contributed by atoms with Gasteiger partial charge in [-0.3, -0.25) is 5.43 Å². The minimum absolute atomic E-state index is 0.354. The highest BCUT2D eigenvalue weighted by Crippen LogP contribution is 2.53. The predicted octanol–water partition coefficient (Wildman–Crippen LogP) is 6.40. The number of benzene rings is 1. The van der Waals surface area contributed by atoms with E-state index in [9.17, 15) is 0 Å². The normalized spacial score (nSPS) is 23.6. The van der Waals surface area contributed by atoms with Crippen molar-refractivity contribution in [3.63, 3.8) is 0 Å².